The molecule has 7 heteroatoms. The third-order valence-corrected chi connectivity index (χ3v) is 4.15. The van der Waals surface area contributed by atoms with Gasteiger partial charge in [-0.15, -0.1) is 0 Å². The first-order chi connectivity index (χ1) is 11.6. The van der Waals surface area contributed by atoms with Crippen molar-refractivity contribution in [3.05, 3.63) is 35.9 Å². The summed E-state index contributed by atoms with van der Waals surface area (Å²) in [6.45, 7) is -0.939. The van der Waals surface area contributed by atoms with E-state index in [1.165, 1.54) is 31.4 Å². The maximum absolute atomic E-state index is 12.2. The molecule has 0 amide bonds. The van der Waals surface area contributed by atoms with Crippen molar-refractivity contribution in [1.29, 1.82) is 0 Å². The lowest BCUT2D eigenvalue weighted by Crippen LogP contribution is -2.47. The molecule has 0 saturated heterocycles. The number of nitrogens with one attached hydrogen (secondary N) is 3. The highest BCUT2D eigenvalue weighted by atomic mass is 32.1. The third kappa shape index (κ3) is 5.96. The van der Waals surface area contributed by atoms with Gasteiger partial charge < -0.3 is 10.1 Å². The van der Waals surface area contributed by atoms with Crippen LogP contribution < -0.4 is 20.9 Å². The molecule has 132 valence electrons. The minimum Gasteiger partial charge on any atom is -0.435 e. The van der Waals surface area contributed by atoms with E-state index in [9.17, 15) is 8.78 Å². The number of hydrogen-bond acceptors (Lipinski definition) is 3. The number of ether oxygens (including phenoxy) is 1. The molecule has 2 rings (SSSR count). The number of rotatable bonds is 6. The molecule has 1 saturated carbocycles. The van der Waals surface area contributed by atoms with Gasteiger partial charge in [-0.25, -0.2) is 0 Å². The van der Waals surface area contributed by atoms with Gasteiger partial charge in [0.1, 0.15) is 5.75 Å². The lowest BCUT2D eigenvalue weighted by atomic mass is 9.96. The van der Waals surface area contributed by atoms with E-state index in [1.54, 1.807) is 12.1 Å². The molecule has 0 radical (unpaired) electrons. The zero-order valence-corrected chi connectivity index (χ0v) is 14.5. The molecule has 0 atom stereocenters. The van der Waals surface area contributed by atoms with Crippen LogP contribution in [0.3, 0.4) is 0 Å². The Morgan fingerprint density at radius 1 is 1.17 bits per heavy atom. The average Bonchev–Trinajstić information content (AvgIpc) is 2.57. The van der Waals surface area contributed by atoms with E-state index in [4.69, 9.17) is 12.2 Å². The van der Waals surface area contributed by atoms with Gasteiger partial charge in [0.25, 0.3) is 0 Å². The molecule has 1 aromatic carbocycles. The molecule has 0 aliphatic heterocycles. The summed E-state index contributed by atoms with van der Waals surface area (Å²) in [7, 11) is 0. The standard InChI is InChI=1S/C17H23F2N3OS/c1-2-15(12-8-10-14(11-9-12)23-16(18)19)21-22-17(24)20-13-6-4-3-5-7-13/h2,8-11,13,16,21H,3-7H2,1H3,(H2,20,22,24)/b15-2-. The Hall–Kier alpha value is -1.89. The van der Waals surface area contributed by atoms with Gasteiger partial charge in [0, 0.05) is 6.04 Å². The first kappa shape index (κ1) is 18.4. The molecule has 0 aromatic heterocycles. The van der Waals surface area contributed by atoms with E-state index in [-0.39, 0.29) is 5.75 Å². The van der Waals surface area contributed by atoms with Crippen LogP contribution in [0.4, 0.5) is 8.78 Å². The van der Waals surface area contributed by atoms with E-state index < -0.39 is 6.61 Å². The number of allylic oxidation sites excluding steroid dienone is 1. The topological polar surface area (TPSA) is 45.3 Å². The lowest BCUT2D eigenvalue weighted by Gasteiger charge is -2.25. The van der Waals surface area contributed by atoms with Gasteiger partial charge in [0.05, 0.1) is 5.70 Å². The fourth-order valence-corrected chi connectivity index (χ4v) is 2.94. The maximum atomic E-state index is 12.2. The van der Waals surface area contributed by atoms with Crippen LogP contribution in [-0.4, -0.2) is 17.8 Å². The van der Waals surface area contributed by atoms with Crippen molar-refractivity contribution in [2.75, 3.05) is 0 Å². The Balaban J connectivity index is 1.84. The van der Waals surface area contributed by atoms with Crippen LogP contribution in [-0.2, 0) is 0 Å². The maximum Gasteiger partial charge on any atom is 0.387 e. The molecule has 0 bridgehead atoms. The van der Waals surface area contributed by atoms with Crippen molar-refractivity contribution in [3.63, 3.8) is 0 Å². The molecule has 4 nitrogen and oxygen atoms in total. The predicted molar refractivity (Wildman–Crippen MR) is 95.6 cm³/mol. The highest BCUT2D eigenvalue weighted by molar-refractivity contribution is 7.80. The van der Waals surface area contributed by atoms with Crippen LogP contribution in [0.1, 0.15) is 44.6 Å². The Labute approximate surface area is 146 Å². The van der Waals surface area contributed by atoms with Crippen molar-refractivity contribution in [2.24, 2.45) is 0 Å². The summed E-state index contributed by atoms with van der Waals surface area (Å²) >= 11 is 5.30. The Morgan fingerprint density at radius 2 is 1.83 bits per heavy atom. The van der Waals surface area contributed by atoms with Gasteiger partial charge in [-0.2, -0.15) is 8.78 Å². The summed E-state index contributed by atoms with van der Waals surface area (Å²) in [5.41, 5.74) is 7.67. The van der Waals surface area contributed by atoms with Crippen molar-refractivity contribution < 1.29 is 13.5 Å². The first-order valence-electron chi connectivity index (χ1n) is 8.12. The normalized spacial score (nSPS) is 15.9. The predicted octanol–water partition coefficient (Wildman–Crippen LogP) is 3.95. The highest BCUT2D eigenvalue weighted by Crippen LogP contribution is 2.19. The van der Waals surface area contributed by atoms with Gasteiger partial charge in [-0.1, -0.05) is 25.3 Å². The molecule has 3 N–H and O–H groups in total. The van der Waals surface area contributed by atoms with Crippen LogP contribution in [0.2, 0.25) is 0 Å². The minimum atomic E-state index is -2.82. The van der Waals surface area contributed by atoms with E-state index in [1.807, 2.05) is 13.0 Å². The smallest absolute Gasteiger partial charge is 0.387 e. The Bertz CT molecular complexity index is 557. The number of benzene rings is 1. The molecule has 1 aromatic rings. The highest BCUT2D eigenvalue weighted by Gasteiger charge is 2.14. The molecular weight excluding hydrogens is 332 g/mol. The summed E-state index contributed by atoms with van der Waals surface area (Å²) in [5.74, 6) is 0.131. The molecule has 0 heterocycles. The number of thiocarbonyl (C=S) groups is 1. The van der Waals surface area contributed by atoms with Crippen LogP contribution in [0, 0.1) is 0 Å². The third-order valence-electron chi connectivity index (χ3n) is 3.93. The van der Waals surface area contributed by atoms with E-state index >= 15 is 0 Å². The van der Waals surface area contributed by atoms with Crippen molar-refractivity contribution >= 4 is 23.0 Å². The quantitative estimate of drug-likeness (QED) is 0.533. The second kappa shape index (κ2) is 9.42. The summed E-state index contributed by atoms with van der Waals surface area (Å²) < 4.78 is 28.7. The molecule has 1 fully saturated rings. The molecule has 0 unspecified atom stereocenters. The van der Waals surface area contributed by atoms with Crippen molar-refractivity contribution in [3.8, 4) is 5.75 Å². The summed E-state index contributed by atoms with van der Waals surface area (Å²) in [4.78, 5) is 0. The first-order valence-corrected chi connectivity index (χ1v) is 8.53. The summed E-state index contributed by atoms with van der Waals surface area (Å²) in [6.07, 6.45) is 7.93. The SMILES string of the molecule is C/C=C(\NNC(=S)NC1CCCCC1)c1ccc(OC(F)F)cc1. The van der Waals surface area contributed by atoms with Gasteiger partial charge in [0.15, 0.2) is 5.11 Å². The largest absolute Gasteiger partial charge is 0.435 e. The molecule has 1 aliphatic carbocycles. The van der Waals surface area contributed by atoms with Crippen LogP contribution in [0.5, 0.6) is 5.75 Å². The molecule has 24 heavy (non-hydrogen) atoms. The van der Waals surface area contributed by atoms with Crippen molar-refractivity contribution in [2.45, 2.75) is 51.7 Å². The van der Waals surface area contributed by atoms with Crippen molar-refractivity contribution in [1.82, 2.24) is 16.2 Å². The van der Waals surface area contributed by atoms with Gasteiger partial charge >= 0.3 is 6.61 Å². The number of hydrogen-bond donors (Lipinski definition) is 3. The Morgan fingerprint density at radius 3 is 2.42 bits per heavy atom. The number of hydrazine groups is 1. The van der Waals surface area contributed by atoms with Gasteiger partial charge in [0.2, 0.25) is 0 Å². The van der Waals surface area contributed by atoms with E-state index in [0.717, 1.165) is 24.1 Å². The lowest BCUT2D eigenvalue weighted by molar-refractivity contribution is -0.0498. The summed E-state index contributed by atoms with van der Waals surface area (Å²) in [5, 5.41) is 3.86. The van der Waals surface area contributed by atoms with E-state index in [2.05, 4.69) is 20.9 Å². The van der Waals surface area contributed by atoms with E-state index in [0.29, 0.717) is 11.2 Å². The van der Waals surface area contributed by atoms with Gasteiger partial charge in [-0.05, 0) is 61.8 Å². The number of alkyl halides is 2. The zero-order valence-electron chi connectivity index (χ0n) is 13.6. The fraction of sp³-hybridized carbons (Fsp3) is 0.471. The number of halogens is 2. The van der Waals surface area contributed by atoms with Gasteiger partial charge in [-0.3, -0.25) is 10.9 Å². The Kier molecular flexibility index (Phi) is 7.24. The molecular formula is C17H23F2N3OS. The fourth-order valence-electron chi connectivity index (χ4n) is 2.72. The minimum absolute atomic E-state index is 0.131. The van der Waals surface area contributed by atoms with Crippen LogP contribution in [0.25, 0.3) is 5.70 Å². The molecule has 1 aliphatic rings. The second-order valence-electron chi connectivity index (χ2n) is 5.66. The summed E-state index contributed by atoms with van der Waals surface area (Å²) in [6, 6.07) is 6.86. The zero-order chi connectivity index (χ0) is 17.4. The second-order valence-corrected chi connectivity index (χ2v) is 6.07. The average molecular weight is 355 g/mol. The van der Waals surface area contributed by atoms with Crippen LogP contribution in [0.15, 0.2) is 30.3 Å². The van der Waals surface area contributed by atoms with Crippen LogP contribution >= 0.6 is 12.2 Å². The monoisotopic (exact) mass is 355 g/mol. The molecule has 0 spiro atoms.